The molecule has 2 rings (SSSR count). The molecule has 1 N–H and O–H groups in total. The summed E-state index contributed by atoms with van der Waals surface area (Å²) in [5.74, 6) is 1.54. The molecule has 150 valence electrons. The van der Waals surface area contributed by atoms with Crippen LogP contribution in [0.3, 0.4) is 0 Å². The van der Waals surface area contributed by atoms with Crippen molar-refractivity contribution in [2.45, 2.75) is 45.0 Å². The molecular formula is C23H30N2O2S. The quantitative estimate of drug-likeness (QED) is 0.611. The van der Waals surface area contributed by atoms with Gasteiger partial charge < -0.3 is 10.2 Å². The third-order valence-corrected chi connectivity index (χ3v) is 5.71. The zero-order valence-corrected chi connectivity index (χ0v) is 17.8. The maximum Gasteiger partial charge on any atom is 0.242 e. The third kappa shape index (κ3) is 6.71. The molecule has 0 saturated heterocycles. The topological polar surface area (TPSA) is 49.4 Å². The summed E-state index contributed by atoms with van der Waals surface area (Å²) in [7, 11) is 1.62. The van der Waals surface area contributed by atoms with Gasteiger partial charge in [0.1, 0.15) is 6.04 Å². The normalized spacial score (nSPS) is 11.7. The van der Waals surface area contributed by atoms with Crippen molar-refractivity contribution in [1.29, 1.82) is 0 Å². The largest absolute Gasteiger partial charge is 0.357 e. The number of nitrogens with zero attached hydrogens (tertiary/aromatic N) is 1. The van der Waals surface area contributed by atoms with E-state index in [1.807, 2.05) is 56.3 Å². The first-order chi connectivity index (χ1) is 13.5. The molecule has 4 nitrogen and oxygen atoms in total. The van der Waals surface area contributed by atoms with Gasteiger partial charge in [0, 0.05) is 31.5 Å². The number of nitrogens with one attached hydrogen (secondary N) is 1. The molecule has 28 heavy (non-hydrogen) atoms. The lowest BCUT2D eigenvalue weighted by Crippen LogP contribution is -2.48. The second kappa shape index (κ2) is 11.5. The first-order valence-corrected chi connectivity index (χ1v) is 10.9. The number of amides is 2. The Kier molecular flexibility index (Phi) is 9.08. The van der Waals surface area contributed by atoms with Crippen molar-refractivity contribution in [3.63, 3.8) is 0 Å². The Labute approximate surface area is 172 Å². The van der Waals surface area contributed by atoms with E-state index < -0.39 is 6.04 Å². The van der Waals surface area contributed by atoms with Crippen LogP contribution in [0.4, 0.5) is 0 Å². The van der Waals surface area contributed by atoms with Crippen LogP contribution >= 0.6 is 11.8 Å². The first-order valence-electron chi connectivity index (χ1n) is 9.73. The average Bonchev–Trinajstić information content (AvgIpc) is 2.72. The van der Waals surface area contributed by atoms with E-state index in [1.54, 1.807) is 23.7 Å². The number of carbonyl (C=O) groups is 2. The fraction of sp³-hybridized carbons (Fsp3) is 0.391. The van der Waals surface area contributed by atoms with Gasteiger partial charge in [0.2, 0.25) is 11.8 Å². The first kappa shape index (κ1) is 22.0. The SMILES string of the molecule is CCC(C(=O)NC)N(Cc1ccc(C)cc1)C(=O)CCSCc1ccccc1. The Bertz CT molecular complexity index is 747. The van der Waals surface area contributed by atoms with Crippen LogP contribution in [-0.2, 0) is 21.9 Å². The molecule has 2 amide bonds. The Morgan fingerprint density at radius 1 is 1.04 bits per heavy atom. The highest BCUT2D eigenvalue weighted by Gasteiger charge is 2.27. The van der Waals surface area contributed by atoms with Gasteiger partial charge in [0.25, 0.3) is 0 Å². The van der Waals surface area contributed by atoms with E-state index in [4.69, 9.17) is 0 Å². The van der Waals surface area contributed by atoms with Crippen molar-refractivity contribution in [1.82, 2.24) is 10.2 Å². The average molecular weight is 399 g/mol. The molecule has 2 aromatic carbocycles. The number of hydrogen-bond acceptors (Lipinski definition) is 3. The van der Waals surface area contributed by atoms with Gasteiger partial charge in [-0.2, -0.15) is 11.8 Å². The molecule has 2 aromatic rings. The van der Waals surface area contributed by atoms with Crippen molar-refractivity contribution in [3.8, 4) is 0 Å². The highest BCUT2D eigenvalue weighted by atomic mass is 32.2. The second-order valence-electron chi connectivity index (χ2n) is 6.83. The fourth-order valence-corrected chi connectivity index (χ4v) is 3.94. The summed E-state index contributed by atoms with van der Waals surface area (Å²) >= 11 is 1.75. The summed E-state index contributed by atoms with van der Waals surface area (Å²) in [6, 6.07) is 17.9. The number of likely N-dealkylation sites (N-methyl/N-ethyl adjacent to an activating group) is 1. The highest BCUT2D eigenvalue weighted by molar-refractivity contribution is 7.98. The van der Waals surface area contributed by atoms with E-state index in [1.165, 1.54) is 11.1 Å². The number of rotatable bonds is 10. The van der Waals surface area contributed by atoms with Crippen LogP contribution in [0.2, 0.25) is 0 Å². The summed E-state index contributed by atoms with van der Waals surface area (Å²) in [4.78, 5) is 27.0. The lowest BCUT2D eigenvalue weighted by Gasteiger charge is -2.30. The van der Waals surface area contributed by atoms with Crippen LogP contribution in [0.1, 0.15) is 36.5 Å². The molecule has 0 spiro atoms. The van der Waals surface area contributed by atoms with Crippen LogP contribution in [-0.4, -0.2) is 35.6 Å². The monoisotopic (exact) mass is 398 g/mol. The van der Waals surface area contributed by atoms with Crippen molar-refractivity contribution >= 4 is 23.6 Å². The zero-order valence-electron chi connectivity index (χ0n) is 17.0. The van der Waals surface area contributed by atoms with Gasteiger partial charge in [-0.25, -0.2) is 0 Å². The molecule has 0 bridgehead atoms. The minimum absolute atomic E-state index is 0.0246. The number of hydrogen-bond donors (Lipinski definition) is 1. The molecule has 0 aliphatic rings. The molecule has 0 radical (unpaired) electrons. The van der Waals surface area contributed by atoms with E-state index >= 15 is 0 Å². The maximum atomic E-state index is 13.0. The van der Waals surface area contributed by atoms with E-state index in [0.29, 0.717) is 19.4 Å². The van der Waals surface area contributed by atoms with Gasteiger partial charge in [-0.1, -0.05) is 67.1 Å². The van der Waals surface area contributed by atoms with Crippen LogP contribution in [0.15, 0.2) is 54.6 Å². The van der Waals surface area contributed by atoms with Gasteiger partial charge in [0.05, 0.1) is 0 Å². The molecule has 0 saturated carbocycles. The van der Waals surface area contributed by atoms with Crippen molar-refractivity contribution in [2.75, 3.05) is 12.8 Å². The Morgan fingerprint density at radius 2 is 1.71 bits per heavy atom. The van der Waals surface area contributed by atoms with Gasteiger partial charge in [-0.3, -0.25) is 9.59 Å². The Morgan fingerprint density at radius 3 is 2.32 bits per heavy atom. The predicted molar refractivity (Wildman–Crippen MR) is 117 cm³/mol. The van der Waals surface area contributed by atoms with Gasteiger partial charge in [-0.05, 0) is 24.5 Å². The van der Waals surface area contributed by atoms with E-state index in [9.17, 15) is 9.59 Å². The van der Waals surface area contributed by atoms with Gasteiger partial charge in [0.15, 0.2) is 0 Å². The standard InChI is InChI=1S/C23H30N2O2S/c1-4-21(23(27)24-3)25(16-19-12-10-18(2)11-13-19)22(26)14-15-28-17-20-8-6-5-7-9-20/h5-13,21H,4,14-17H2,1-3H3,(H,24,27). The lowest BCUT2D eigenvalue weighted by molar-refractivity contribution is -0.140. The number of carbonyl (C=O) groups excluding carboxylic acids is 2. The summed E-state index contributed by atoms with van der Waals surface area (Å²) in [6.45, 7) is 4.43. The molecule has 1 atom stereocenters. The van der Waals surface area contributed by atoms with Crippen molar-refractivity contribution < 1.29 is 9.59 Å². The third-order valence-electron chi connectivity index (χ3n) is 4.68. The van der Waals surface area contributed by atoms with Crippen LogP contribution < -0.4 is 5.32 Å². The molecule has 0 aliphatic heterocycles. The lowest BCUT2D eigenvalue weighted by atomic mass is 10.1. The predicted octanol–water partition coefficient (Wildman–Crippen LogP) is 4.17. The van der Waals surface area contributed by atoms with Gasteiger partial charge >= 0.3 is 0 Å². The molecule has 0 aliphatic carbocycles. The van der Waals surface area contributed by atoms with E-state index in [2.05, 4.69) is 17.4 Å². The minimum atomic E-state index is -0.446. The summed E-state index contributed by atoms with van der Waals surface area (Å²) < 4.78 is 0. The van der Waals surface area contributed by atoms with E-state index in [-0.39, 0.29) is 11.8 Å². The summed E-state index contributed by atoms with van der Waals surface area (Å²) in [5, 5.41) is 2.70. The molecule has 0 aromatic heterocycles. The highest BCUT2D eigenvalue weighted by Crippen LogP contribution is 2.17. The number of benzene rings is 2. The van der Waals surface area contributed by atoms with Crippen molar-refractivity contribution in [2.24, 2.45) is 0 Å². The number of aryl methyl sites for hydroxylation is 1. The maximum absolute atomic E-state index is 13.0. The molecule has 5 heteroatoms. The van der Waals surface area contributed by atoms with Crippen LogP contribution in [0.25, 0.3) is 0 Å². The molecule has 1 unspecified atom stereocenters. The van der Waals surface area contributed by atoms with Crippen molar-refractivity contribution in [3.05, 3.63) is 71.3 Å². The summed E-state index contributed by atoms with van der Waals surface area (Å²) in [6.07, 6.45) is 1.02. The van der Waals surface area contributed by atoms with Crippen LogP contribution in [0, 0.1) is 6.92 Å². The van der Waals surface area contributed by atoms with Gasteiger partial charge in [-0.15, -0.1) is 0 Å². The molecule has 0 heterocycles. The van der Waals surface area contributed by atoms with Crippen LogP contribution in [0.5, 0.6) is 0 Å². The smallest absolute Gasteiger partial charge is 0.242 e. The molecular weight excluding hydrogens is 368 g/mol. The minimum Gasteiger partial charge on any atom is -0.357 e. The van der Waals surface area contributed by atoms with E-state index in [0.717, 1.165) is 17.1 Å². The second-order valence-corrected chi connectivity index (χ2v) is 7.94. The Balaban J connectivity index is 2.00. The number of thioether (sulfide) groups is 1. The zero-order chi connectivity index (χ0) is 20.4. The fourth-order valence-electron chi connectivity index (χ4n) is 3.04. The molecule has 0 fully saturated rings. The summed E-state index contributed by atoms with van der Waals surface area (Å²) in [5.41, 5.74) is 3.48. The Hall–Kier alpha value is -2.27.